The molecule has 4 aromatic rings. The summed E-state index contributed by atoms with van der Waals surface area (Å²) in [6.07, 6.45) is 1.78. The molecule has 4 rings (SSSR count). The molecule has 0 aliphatic heterocycles. The van der Waals surface area contributed by atoms with Crippen LogP contribution < -0.4 is 15.6 Å². The molecule has 2 heterocycles. The monoisotopic (exact) mass is 447 g/mol. The predicted molar refractivity (Wildman–Crippen MR) is 130 cm³/mol. The third-order valence-corrected chi connectivity index (χ3v) is 5.90. The Labute approximate surface area is 190 Å². The number of nitrogens with one attached hydrogen (secondary N) is 1. The molecule has 0 spiro atoms. The van der Waals surface area contributed by atoms with E-state index in [9.17, 15) is 9.59 Å². The second-order valence-electron chi connectivity index (χ2n) is 7.93. The minimum atomic E-state index is -0.168. The van der Waals surface area contributed by atoms with Crippen molar-refractivity contribution in [1.29, 1.82) is 0 Å². The van der Waals surface area contributed by atoms with Crippen LogP contribution in [-0.4, -0.2) is 21.6 Å². The zero-order valence-corrected chi connectivity index (χ0v) is 19.1. The molecule has 0 aliphatic carbocycles. The summed E-state index contributed by atoms with van der Waals surface area (Å²) >= 11 is 1.45. The van der Waals surface area contributed by atoms with Gasteiger partial charge in [0.25, 0.3) is 5.56 Å². The van der Waals surface area contributed by atoms with E-state index in [-0.39, 0.29) is 30.5 Å². The van der Waals surface area contributed by atoms with E-state index in [4.69, 9.17) is 4.74 Å². The molecule has 0 fully saturated rings. The molecule has 0 radical (unpaired) electrons. The summed E-state index contributed by atoms with van der Waals surface area (Å²) in [6, 6.07) is 15.3. The van der Waals surface area contributed by atoms with Crippen molar-refractivity contribution in [3.8, 4) is 16.9 Å². The zero-order valence-electron chi connectivity index (χ0n) is 18.3. The first-order valence-electron chi connectivity index (χ1n) is 10.5. The Morgan fingerprint density at radius 1 is 1.12 bits per heavy atom. The fourth-order valence-corrected chi connectivity index (χ4v) is 4.31. The third kappa shape index (κ3) is 4.89. The topological polar surface area (TPSA) is 73.2 Å². The van der Waals surface area contributed by atoms with Crippen molar-refractivity contribution >= 4 is 33.1 Å². The first-order chi connectivity index (χ1) is 15.4. The van der Waals surface area contributed by atoms with E-state index in [1.807, 2.05) is 62.5 Å². The van der Waals surface area contributed by atoms with E-state index >= 15 is 0 Å². The molecule has 0 bridgehead atoms. The highest BCUT2D eigenvalue weighted by Gasteiger charge is 2.14. The number of thiophene rings is 1. The maximum absolute atomic E-state index is 13.1. The maximum atomic E-state index is 13.1. The van der Waals surface area contributed by atoms with Crippen molar-refractivity contribution in [2.75, 3.05) is 5.32 Å². The molecule has 6 nitrogen and oxygen atoms in total. The quantitative estimate of drug-likeness (QED) is 0.420. The van der Waals surface area contributed by atoms with Gasteiger partial charge in [-0.15, -0.1) is 11.3 Å². The number of nitrogens with zero attached hydrogens (tertiary/aromatic N) is 2. The number of benzene rings is 2. The van der Waals surface area contributed by atoms with Crippen LogP contribution >= 0.6 is 11.3 Å². The molecule has 32 heavy (non-hydrogen) atoms. The van der Waals surface area contributed by atoms with E-state index in [0.29, 0.717) is 15.9 Å². The average molecular weight is 448 g/mol. The number of carbonyl (C=O) groups is 1. The zero-order chi connectivity index (χ0) is 22.7. The Balaban J connectivity index is 1.47. The lowest BCUT2D eigenvalue weighted by molar-refractivity contribution is -0.116. The van der Waals surface area contributed by atoms with Crippen molar-refractivity contribution < 1.29 is 9.53 Å². The van der Waals surface area contributed by atoms with Crippen molar-refractivity contribution in [3.63, 3.8) is 0 Å². The van der Waals surface area contributed by atoms with Gasteiger partial charge < -0.3 is 10.1 Å². The van der Waals surface area contributed by atoms with Crippen LogP contribution in [-0.2, 0) is 11.3 Å². The largest absolute Gasteiger partial charge is 0.491 e. The number of hydrogen-bond acceptors (Lipinski definition) is 5. The van der Waals surface area contributed by atoms with Gasteiger partial charge in [-0.05, 0) is 50.6 Å². The first kappa shape index (κ1) is 21.8. The summed E-state index contributed by atoms with van der Waals surface area (Å²) in [5.41, 5.74) is 3.59. The third-order valence-electron chi connectivity index (χ3n) is 5.01. The highest BCUT2D eigenvalue weighted by Crippen LogP contribution is 2.30. The lowest BCUT2D eigenvalue weighted by Crippen LogP contribution is -2.23. The van der Waals surface area contributed by atoms with Gasteiger partial charge in [-0.3, -0.25) is 14.2 Å². The molecule has 0 atom stereocenters. The maximum Gasteiger partial charge on any atom is 0.262 e. The fraction of sp³-hybridized carbons (Fsp3) is 0.240. The van der Waals surface area contributed by atoms with E-state index < -0.39 is 0 Å². The van der Waals surface area contributed by atoms with E-state index in [1.165, 1.54) is 22.2 Å². The number of ether oxygens (including phenoxy) is 1. The number of fused-ring (bicyclic) bond motifs is 1. The molecule has 2 aromatic heterocycles. The smallest absolute Gasteiger partial charge is 0.262 e. The minimum Gasteiger partial charge on any atom is -0.491 e. The van der Waals surface area contributed by atoms with E-state index in [1.54, 1.807) is 12.1 Å². The number of hydrogen-bond donors (Lipinski definition) is 1. The molecule has 0 aliphatic rings. The van der Waals surface area contributed by atoms with Crippen LogP contribution in [0.25, 0.3) is 21.3 Å². The Hall–Kier alpha value is -3.45. The molecule has 0 saturated carbocycles. The normalized spacial score (nSPS) is 11.1. The molecule has 2 aromatic carbocycles. The number of amides is 1. The number of rotatable bonds is 7. The molecule has 0 saturated heterocycles. The van der Waals surface area contributed by atoms with Crippen molar-refractivity contribution in [2.45, 2.75) is 39.8 Å². The second-order valence-corrected chi connectivity index (χ2v) is 8.79. The van der Waals surface area contributed by atoms with Crippen LogP contribution in [0.15, 0.2) is 65.0 Å². The number of aromatic nitrogens is 2. The van der Waals surface area contributed by atoms with Gasteiger partial charge in [-0.1, -0.05) is 29.8 Å². The van der Waals surface area contributed by atoms with E-state index in [0.717, 1.165) is 22.4 Å². The van der Waals surface area contributed by atoms with Crippen LogP contribution in [0.4, 0.5) is 5.69 Å². The van der Waals surface area contributed by atoms with E-state index in [2.05, 4.69) is 10.3 Å². The molecule has 1 N–H and O–H groups in total. The van der Waals surface area contributed by atoms with Gasteiger partial charge >= 0.3 is 0 Å². The van der Waals surface area contributed by atoms with Crippen LogP contribution in [0.2, 0.25) is 0 Å². The SMILES string of the molecule is Cc1ccc(-c2csc3ncn(CCC(=O)Nc4ccc(OC(C)C)cc4)c(=O)c23)cc1. The van der Waals surface area contributed by atoms with Crippen molar-refractivity contribution in [1.82, 2.24) is 9.55 Å². The molecule has 164 valence electrons. The van der Waals surface area contributed by atoms with Gasteiger partial charge in [0.15, 0.2) is 0 Å². The highest BCUT2D eigenvalue weighted by molar-refractivity contribution is 7.17. The Kier molecular flexibility index (Phi) is 6.37. The van der Waals surface area contributed by atoms with Gasteiger partial charge in [0.2, 0.25) is 5.91 Å². The van der Waals surface area contributed by atoms with Crippen LogP contribution in [0.3, 0.4) is 0 Å². The predicted octanol–water partition coefficient (Wildman–Crippen LogP) is 5.25. The van der Waals surface area contributed by atoms with Crippen LogP contribution in [0.5, 0.6) is 5.75 Å². The molecule has 1 amide bonds. The van der Waals surface area contributed by atoms with Crippen LogP contribution in [0.1, 0.15) is 25.8 Å². The molecule has 0 unspecified atom stereocenters. The standard InChI is InChI=1S/C25H25N3O3S/c1-16(2)31-20-10-8-19(9-11-20)27-22(29)12-13-28-15-26-24-23(25(28)30)21(14-32-24)18-6-4-17(3)5-7-18/h4-11,14-16H,12-13H2,1-3H3,(H,27,29). The first-order valence-corrected chi connectivity index (χ1v) is 11.4. The molecular formula is C25H25N3O3S. The van der Waals surface area contributed by atoms with Gasteiger partial charge in [0.1, 0.15) is 10.6 Å². The van der Waals surface area contributed by atoms with Crippen LogP contribution in [0, 0.1) is 6.92 Å². The number of anilines is 1. The summed E-state index contributed by atoms with van der Waals surface area (Å²) in [5.74, 6) is 0.586. The Morgan fingerprint density at radius 3 is 2.53 bits per heavy atom. The lowest BCUT2D eigenvalue weighted by Gasteiger charge is -2.11. The number of aryl methyl sites for hydroxylation is 2. The second kappa shape index (κ2) is 9.36. The van der Waals surface area contributed by atoms with Crippen molar-refractivity contribution in [3.05, 3.63) is 76.2 Å². The lowest BCUT2D eigenvalue weighted by atomic mass is 10.1. The highest BCUT2D eigenvalue weighted by atomic mass is 32.1. The van der Waals surface area contributed by atoms with Gasteiger partial charge in [-0.25, -0.2) is 4.98 Å². The summed E-state index contributed by atoms with van der Waals surface area (Å²) in [5, 5.41) is 5.42. The van der Waals surface area contributed by atoms with Gasteiger partial charge in [0, 0.05) is 29.6 Å². The van der Waals surface area contributed by atoms with Crippen molar-refractivity contribution in [2.24, 2.45) is 0 Å². The average Bonchev–Trinajstić information content (AvgIpc) is 3.20. The summed E-state index contributed by atoms with van der Waals surface area (Å²) in [7, 11) is 0. The summed E-state index contributed by atoms with van der Waals surface area (Å²) in [6.45, 7) is 6.21. The Morgan fingerprint density at radius 2 is 1.84 bits per heavy atom. The number of carbonyl (C=O) groups excluding carboxylic acids is 1. The molecular weight excluding hydrogens is 422 g/mol. The van der Waals surface area contributed by atoms with Gasteiger partial charge in [0.05, 0.1) is 17.8 Å². The van der Waals surface area contributed by atoms with Gasteiger partial charge in [-0.2, -0.15) is 0 Å². The summed E-state index contributed by atoms with van der Waals surface area (Å²) < 4.78 is 7.12. The summed E-state index contributed by atoms with van der Waals surface area (Å²) in [4.78, 5) is 30.7. The Bertz CT molecular complexity index is 1290. The molecule has 7 heteroatoms. The fourth-order valence-electron chi connectivity index (χ4n) is 3.41. The minimum absolute atomic E-state index is 0.0921.